The molecule has 1 aromatic heterocycles. The van der Waals surface area contributed by atoms with Gasteiger partial charge in [-0.15, -0.1) is 23.1 Å². The summed E-state index contributed by atoms with van der Waals surface area (Å²) in [5, 5.41) is 6.80. The van der Waals surface area contributed by atoms with Gasteiger partial charge in [0.2, 0.25) is 0 Å². The molecule has 20 heavy (non-hydrogen) atoms. The van der Waals surface area contributed by atoms with Crippen molar-refractivity contribution in [2.24, 2.45) is 0 Å². The summed E-state index contributed by atoms with van der Waals surface area (Å²) in [5.41, 5.74) is 1.19. The summed E-state index contributed by atoms with van der Waals surface area (Å²) in [6.45, 7) is 1.11. The zero-order valence-electron chi connectivity index (χ0n) is 11.0. The lowest BCUT2D eigenvalue weighted by Crippen LogP contribution is -2.16. The average molecular weight is 304 g/mol. The van der Waals surface area contributed by atoms with Crippen molar-refractivity contribution < 1.29 is 4.74 Å². The number of aromatic nitrogens is 1. The third kappa shape index (κ3) is 2.34. The number of para-hydroxylation sites is 1. The molecule has 0 aliphatic carbocycles. The molecule has 1 saturated heterocycles. The molecule has 5 heteroatoms. The van der Waals surface area contributed by atoms with Crippen LogP contribution in [0.25, 0.3) is 0 Å². The first-order valence-electron chi connectivity index (χ1n) is 6.97. The smallest absolute Gasteiger partial charge is 0.159 e. The van der Waals surface area contributed by atoms with Crippen LogP contribution in [0.5, 0.6) is 5.75 Å². The molecule has 1 N–H and O–H groups in total. The van der Waals surface area contributed by atoms with E-state index in [4.69, 9.17) is 9.72 Å². The van der Waals surface area contributed by atoms with Crippen LogP contribution in [0.15, 0.2) is 34.5 Å². The minimum Gasteiger partial charge on any atom is -0.481 e. The van der Waals surface area contributed by atoms with Crippen LogP contribution in [0.1, 0.15) is 35.7 Å². The molecule has 1 aromatic carbocycles. The number of thiazole rings is 1. The Kier molecular flexibility index (Phi) is 3.42. The second-order valence-corrected chi connectivity index (χ2v) is 7.08. The van der Waals surface area contributed by atoms with Gasteiger partial charge in [-0.05, 0) is 31.5 Å². The Morgan fingerprint density at radius 1 is 1.30 bits per heavy atom. The molecule has 2 unspecified atom stereocenters. The van der Waals surface area contributed by atoms with E-state index < -0.39 is 0 Å². The van der Waals surface area contributed by atoms with Gasteiger partial charge in [0.1, 0.15) is 10.8 Å². The molecule has 1 fully saturated rings. The van der Waals surface area contributed by atoms with Crippen molar-refractivity contribution in [3.05, 3.63) is 40.3 Å². The lowest BCUT2D eigenvalue weighted by atomic mass is 10.2. The highest BCUT2D eigenvalue weighted by atomic mass is 32.2. The molecular formula is C15H16N2OS2. The second-order valence-electron chi connectivity index (χ2n) is 5.12. The maximum Gasteiger partial charge on any atom is 0.159 e. The van der Waals surface area contributed by atoms with E-state index in [0.717, 1.165) is 23.1 Å². The van der Waals surface area contributed by atoms with E-state index in [9.17, 15) is 0 Å². The first-order valence-corrected chi connectivity index (χ1v) is 8.84. The summed E-state index contributed by atoms with van der Waals surface area (Å²) in [4.78, 5) is 6.04. The Morgan fingerprint density at radius 2 is 2.25 bits per heavy atom. The predicted molar refractivity (Wildman–Crippen MR) is 82.6 cm³/mol. The van der Waals surface area contributed by atoms with E-state index in [2.05, 4.69) is 22.8 Å². The number of nitrogens with one attached hydrogen (secondary N) is 1. The molecule has 0 bridgehead atoms. The van der Waals surface area contributed by atoms with Gasteiger partial charge in [0.05, 0.1) is 11.7 Å². The molecule has 0 amide bonds. The topological polar surface area (TPSA) is 34.1 Å². The van der Waals surface area contributed by atoms with Crippen molar-refractivity contribution in [1.82, 2.24) is 10.3 Å². The molecule has 3 nitrogen and oxygen atoms in total. The lowest BCUT2D eigenvalue weighted by molar-refractivity contribution is 0.219. The van der Waals surface area contributed by atoms with E-state index in [-0.39, 0.29) is 6.10 Å². The molecule has 3 heterocycles. The molecule has 2 aromatic rings. The van der Waals surface area contributed by atoms with E-state index in [0.29, 0.717) is 6.04 Å². The van der Waals surface area contributed by atoms with Crippen LogP contribution < -0.4 is 10.1 Å². The van der Waals surface area contributed by atoms with Gasteiger partial charge >= 0.3 is 0 Å². The van der Waals surface area contributed by atoms with Crippen LogP contribution in [-0.2, 0) is 0 Å². The molecular weight excluding hydrogens is 288 g/mol. The number of rotatable bonds is 2. The largest absolute Gasteiger partial charge is 0.481 e. The van der Waals surface area contributed by atoms with Crippen LogP contribution in [0.4, 0.5) is 0 Å². The minimum absolute atomic E-state index is 0.0926. The van der Waals surface area contributed by atoms with Gasteiger partial charge in [-0.3, -0.25) is 0 Å². The predicted octanol–water partition coefficient (Wildman–Crippen LogP) is 3.79. The van der Waals surface area contributed by atoms with Gasteiger partial charge in [0, 0.05) is 16.0 Å². The van der Waals surface area contributed by atoms with Gasteiger partial charge in [0.15, 0.2) is 6.10 Å². The number of benzene rings is 1. The highest BCUT2D eigenvalue weighted by Gasteiger charge is 2.26. The Labute approximate surface area is 126 Å². The van der Waals surface area contributed by atoms with Crippen LogP contribution in [0.3, 0.4) is 0 Å². The summed E-state index contributed by atoms with van der Waals surface area (Å²) in [5.74, 6) is 1.94. The molecule has 2 atom stereocenters. The summed E-state index contributed by atoms with van der Waals surface area (Å²) in [6.07, 6.45) is 2.54. The quantitative estimate of drug-likeness (QED) is 0.915. The fourth-order valence-corrected chi connectivity index (χ4v) is 4.68. The standard InChI is InChI=1S/C15H16N2OS2/c1-2-6-14-12(5-1)18-13(9-19-14)15-17-11(8-20-15)10-4-3-7-16-10/h1-2,5-6,8,10,13,16H,3-4,7,9H2. The number of hydrogen-bond donors (Lipinski definition) is 1. The van der Waals surface area contributed by atoms with Crippen molar-refractivity contribution in [2.45, 2.75) is 29.9 Å². The maximum absolute atomic E-state index is 6.10. The summed E-state index contributed by atoms with van der Waals surface area (Å²) in [6, 6.07) is 8.69. The molecule has 4 rings (SSSR count). The number of ether oxygens (including phenoxy) is 1. The molecule has 0 saturated carbocycles. The third-order valence-corrected chi connectivity index (χ3v) is 5.81. The van der Waals surface area contributed by atoms with Crippen molar-refractivity contribution in [1.29, 1.82) is 0 Å². The van der Waals surface area contributed by atoms with Crippen molar-refractivity contribution in [2.75, 3.05) is 12.3 Å². The molecule has 0 radical (unpaired) electrons. The van der Waals surface area contributed by atoms with E-state index in [1.165, 1.54) is 23.4 Å². The lowest BCUT2D eigenvalue weighted by Gasteiger charge is -2.23. The van der Waals surface area contributed by atoms with Gasteiger partial charge in [-0.25, -0.2) is 4.98 Å². The SMILES string of the molecule is c1ccc2c(c1)OC(c1nc(C3CCCN3)cs1)CS2. The van der Waals surface area contributed by atoms with Gasteiger partial charge in [0.25, 0.3) is 0 Å². The number of fused-ring (bicyclic) bond motifs is 1. The minimum atomic E-state index is 0.0926. The summed E-state index contributed by atoms with van der Waals surface area (Å²) < 4.78 is 6.10. The monoisotopic (exact) mass is 304 g/mol. The molecule has 2 aliphatic rings. The van der Waals surface area contributed by atoms with Crippen LogP contribution in [-0.4, -0.2) is 17.3 Å². The Balaban J connectivity index is 1.54. The number of nitrogens with zero attached hydrogens (tertiary/aromatic N) is 1. The summed E-state index contributed by atoms with van der Waals surface area (Å²) in [7, 11) is 0. The Bertz CT molecular complexity index is 607. The van der Waals surface area contributed by atoms with E-state index in [1.54, 1.807) is 11.3 Å². The van der Waals surface area contributed by atoms with Crippen LogP contribution in [0, 0.1) is 0 Å². The van der Waals surface area contributed by atoms with Gasteiger partial charge in [-0.2, -0.15) is 0 Å². The molecule has 104 valence electrons. The second kappa shape index (κ2) is 5.39. The Hall–Kier alpha value is -1.04. The van der Waals surface area contributed by atoms with Crippen LogP contribution >= 0.6 is 23.1 Å². The molecule has 0 spiro atoms. The highest BCUT2D eigenvalue weighted by molar-refractivity contribution is 7.99. The summed E-state index contributed by atoms with van der Waals surface area (Å²) >= 11 is 3.59. The molecule has 2 aliphatic heterocycles. The highest BCUT2D eigenvalue weighted by Crippen LogP contribution is 2.41. The van der Waals surface area contributed by atoms with Gasteiger partial charge < -0.3 is 10.1 Å². The fraction of sp³-hybridized carbons (Fsp3) is 0.400. The normalized spacial score (nSPS) is 25.2. The van der Waals surface area contributed by atoms with Crippen molar-refractivity contribution in [3.8, 4) is 5.75 Å². The first kappa shape index (κ1) is 12.7. The maximum atomic E-state index is 6.10. The van der Waals surface area contributed by atoms with Crippen molar-refractivity contribution in [3.63, 3.8) is 0 Å². The first-order chi connectivity index (χ1) is 9.90. The van der Waals surface area contributed by atoms with E-state index in [1.807, 2.05) is 23.9 Å². The van der Waals surface area contributed by atoms with Crippen molar-refractivity contribution >= 4 is 23.1 Å². The van der Waals surface area contributed by atoms with E-state index >= 15 is 0 Å². The number of thioether (sulfide) groups is 1. The average Bonchev–Trinajstić information content (AvgIpc) is 3.17. The zero-order chi connectivity index (χ0) is 13.4. The van der Waals surface area contributed by atoms with Gasteiger partial charge in [-0.1, -0.05) is 12.1 Å². The Morgan fingerprint density at radius 3 is 3.15 bits per heavy atom. The number of hydrogen-bond acceptors (Lipinski definition) is 5. The fourth-order valence-electron chi connectivity index (χ4n) is 2.69. The third-order valence-electron chi connectivity index (χ3n) is 3.74. The van der Waals surface area contributed by atoms with Crippen LogP contribution in [0.2, 0.25) is 0 Å². The zero-order valence-corrected chi connectivity index (χ0v) is 12.7.